The lowest BCUT2D eigenvalue weighted by molar-refractivity contribution is -0.140. The van der Waals surface area contributed by atoms with Crippen molar-refractivity contribution in [2.24, 2.45) is 0 Å². The first-order valence-electron chi connectivity index (χ1n) is 8.00. The molecule has 1 aromatic carbocycles. The second kappa shape index (κ2) is 8.15. The van der Waals surface area contributed by atoms with Crippen molar-refractivity contribution in [1.82, 2.24) is 0 Å². The summed E-state index contributed by atoms with van der Waals surface area (Å²) >= 11 is 1.37. The number of anilines is 1. The molecule has 0 fully saturated rings. The third kappa shape index (κ3) is 3.76. The number of thiophene rings is 1. The van der Waals surface area contributed by atoms with Crippen LogP contribution in [0.15, 0.2) is 53.0 Å². The molecule has 7 nitrogen and oxygen atoms in total. The molecular formula is C19H17NO6S. The maximum absolute atomic E-state index is 12.4. The lowest BCUT2D eigenvalue weighted by Gasteiger charge is -2.31. The molecule has 27 heavy (non-hydrogen) atoms. The second-order valence-corrected chi connectivity index (χ2v) is 6.52. The Morgan fingerprint density at radius 3 is 2.33 bits per heavy atom. The molecule has 2 aromatic rings. The van der Waals surface area contributed by atoms with E-state index in [0.29, 0.717) is 16.1 Å². The van der Waals surface area contributed by atoms with E-state index < -0.39 is 11.9 Å². The first-order chi connectivity index (χ1) is 13.1. The topological polar surface area (TPSA) is 82.1 Å². The Hall–Kier alpha value is -2.97. The summed E-state index contributed by atoms with van der Waals surface area (Å²) in [5.41, 5.74) is 1.25. The normalized spacial score (nSPS) is 14.1. The van der Waals surface area contributed by atoms with E-state index in [1.165, 1.54) is 30.5 Å². The largest absolute Gasteiger partial charge is 0.466 e. The second-order valence-electron chi connectivity index (χ2n) is 5.57. The van der Waals surface area contributed by atoms with Gasteiger partial charge in [-0.3, -0.25) is 4.79 Å². The number of benzene rings is 1. The summed E-state index contributed by atoms with van der Waals surface area (Å²) < 4.78 is 15.0. The van der Waals surface area contributed by atoms with Gasteiger partial charge in [-0.15, -0.1) is 11.3 Å². The van der Waals surface area contributed by atoms with Crippen molar-refractivity contribution >= 4 is 34.7 Å². The highest BCUT2D eigenvalue weighted by molar-refractivity contribution is 7.12. The molecule has 0 aliphatic carbocycles. The van der Waals surface area contributed by atoms with E-state index in [4.69, 9.17) is 14.2 Å². The number of hydrogen-bond acceptors (Lipinski definition) is 8. The standard InChI is InChI=1S/C19H17NO6S/c1-24-18(22)14-10-26-11-20(16(14)19(23)25-2)13-7-5-12(6-8-13)17(21)15-4-3-9-27-15/h3-9H,10-11H2,1-2H3. The van der Waals surface area contributed by atoms with Crippen molar-refractivity contribution in [3.8, 4) is 0 Å². The summed E-state index contributed by atoms with van der Waals surface area (Å²) in [6.45, 7) is 0.00565. The van der Waals surface area contributed by atoms with Gasteiger partial charge in [-0.1, -0.05) is 6.07 Å². The number of carbonyl (C=O) groups excluding carboxylic acids is 3. The average molecular weight is 387 g/mol. The monoisotopic (exact) mass is 387 g/mol. The Kier molecular flexibility index (Phi) is 5.68. The molecule has 0 saturated carbocycles. The lowest BCUT2D eigenvalue weighted by Crippen LogP contribution is -2.38. The smallest absolute Gasteiger partial charge is 0.355 e. The van der Waals surface area contributed by atoms with Gasteiger partial charge in [0.1, 0.15) is 12.4 Å². The third-order valence-corrected chi connectivity index (χ3v) is 4.89. The van der Waals surface area contributed by atoms with E-state index >= 15 is 0 Å². The van der Waals surface area contributed by atoms with Gasteiger partial charge in [0, 0.05) is 11.3 Å². The van der Waals surface area contributed by atoms with Gasteiger partial charge in [-0.2, -0.15) is 0 Å². The molecule has 0 atom stereocenters. The Bertz CT molecular complexity index is 885. The number of rotatable bonds is 5. The maximum Gasteiger partial charge on any atom is 0.355 e. The SMILES string of the molecule is COC(=O)C1=C(C(=O)OC)N(c2ccc(C(=O)c3cccs3)cc2)COC1. The van der Waals surface area contributed by atoms with Crippen LogP contribution in [0.1, 0.15) is 15.2 Å². The molecule has 0 N–H and O–H groups in total. The van der Waals surface area contributed by atoms with Gasteiger partial charge in [0.15, 0.2) is 0 Å². The molecule has 3 rings (SSSR count). The van der Waals surface area contributed by atoms with Crippen molar-refractivity contribution in [3.05, 3.63) is 63.5 Å². The van der Waals surface area contributed by atoms with Gasteiger partial charge in [0.2, 0.25) is 5.78 Å². The van der Waals surface area contributed by atoms with E-state index in [-0.39, 0.29) is 30.4 Å². The minimum Gasteiger partial charge on any atom is -0.466 e. The number of esters is 2. The summed E-state index contributed by atoms with van der Waals surface area (Å²) in [7, 11) is 2.47. The zero-order valence-electron chi connectivity index (χ0n) is 14.8. The van der Waals surface area contributed by atoms with Gasteiger partial charge in [0.05, 0.1) is 31.3 Å². The minimum absolute atomic E-state index is 0.0530. The molecule has 2 heterocycles. The highest BCUT2D eigenvalue weighted by Gasteiger charge is 2.32. The number of methoxy groups -OCH3 is 2. The van der Waals surface area contributed by atoms with Crippen LogP contribution in [-0.4, -0.2) is 45.3 Å². The van der Waals surface area contributed by atoms with Gasteiger partial charge in [-0.25, -0.2) is 9.59 Å². The zero-order chi connectivity index (χ0) is 19.4. The molecule has 1 aromatic heterocycles. The van der Waals surface area contributed by atoms with Crippen LogP contribution in [0, 0.1) is 0 Å². The molecule has 1 aliphatic rings. The molecule has 0 bridgehead atoms. The predicted molar refractivity (Wildman–Crippen MR) is 98.5 cm³/mol. The molecule has 1 aliphatic heterocycles. The van der Waals surface area contributed by atoms with E-state index in [9.17, 15) is 14.4 Å². The van der Waals surface area contributed by atoms with Crippen LogP contribution in [-0.2, 0) is 23.8 Å². The van der Waals surface area contributed by atoms with Gasteiger partial charge >= 0.3 is 11.9 Å². The van der Waals surface area contributed by atoms with E-state index in [1.807, 2.05) is 11.4 Å². The van der Waals surface area contributed by atoms with Crippen molar-refractivity contribution in [3.63, 3.8) is 0 Å². The molecule has 0 spiro atoms. The van der Waals surface area contributed by atoms with E-state index in [1.54, 1.807) is 30.3 Å². The molecule has 0 saturated heterocycles. The van der Waals surface area contributed by atoms with Gasteiger partial charge < -0.3 is 19.1 Å². The third-order valence-electron chi connectivity index (χ3n) is 4.02. The van der Waals surface area contributed by atoms with Crippen LogP contribution >= 0.6 is 11.3 Å². The summed E-state index contributed by atoms with van der Waals surface area (Å²) in [6.07, 6.45) is 0. The fourth-order valence-corrected chi connectivity index (χ4v) is 3.38. The number of hydrogen-bond donors (Lipinski definition) is 0. The molecule has 140 valence electrons. The average Bonchev–Trinajstić information content (AvgIpc) is 3.26. The number of ether oxygens (including phenoxy) is 3. The van der Waals surface area contributed by atoms with Gasteiger partial charge in [-0.05, 0) is 35.7 Å². The number of ketones is 1. The van der Waals surface area contributed by atoms with Crippen LogP contribution in [0.5, 0.6) is 0 Å². The molecule has 0 unspecified atom stereocenters. The molecule has 0 radical (unpaired) electrons. The summed E-state index contributed by atoms with van der Waals surface area (Å²) in [4.78, 5) is 38.9. The van der Waals surface area contributed by atoms with Crippen molar-refractivity contribution < 1.29 is 28.6 Å². The quantitative estimate of drug-likeness (QED) is 0.575. The minimum atomic E-state index is -0.669. The Labute approximate surface area is 159 Å². The number of nitrogens with zero attached hydrogens (tertiary/aromatic N) is 1. The Balaban J connectivity index is 1.95. The van der Waals surface area contributed by atoms with E-state index in [2.05, 4.69) is 0 Å². The first kappa shape index (κ1) is 18.8. The molecule has 0 amide bonds. The van der Waals surface area contributed by atoms with Crippen LogP contribution in [0.3, 0.4) is 0 Å². The van der Waals surface area contributed by atoms with E-state index in [0.717, 1.165) is 0 Å². The van der Waals surface area contributed by atoms with Crippen LogP contribution < -0.4 is 4.90 Å². The van der Waals surface area contributed by atoms with Crippen LogP contribution in [0.2, 0.25) is 0 Å². The van der Waals surface area contributed by atoms with Crippen LogP contribution in [0.25, 0.3) is 0 Å². The summed E-state index contributed by atoms with van der Waals surface area (Å²) in [6, 6.07) is 10.3. The first-order valence-corrected chi connectivity index (χ1v) is 8.88. The Morgan fingerprint density at radius 2 is 1.74 bits per heavy atom. The van der Waals surface area contributed by atoms with Crippen LogP contribution in [0.4, 0.5) is 5.69 Å². The van der Waals surface area contributed by atoms with Crippen molar-refractivity contribution in [1.29, 1.82) is 0 Å². The van der Waals surface area contributed by atoms with Gasteiger partial charge in [0.25, 0.3) is 0 Å². The lowest BCUT2D eigenvalue weighted by atomic mass is 10.1. The molecular weight excluding hydrogens is 370 g/mol. The summed E-state index contributed by atoms with van der Waals surface area (Å²) in [5, 5.41) is 1.84. The predicted octanol–water partition coefficient (Wildman–Crippen LogP) is 2.37. The maximum atomic E-state index is 12.4. The highest BCUT2D eigenvalue weighted by atomic mass is 32.1. The number of carbonyl (C=O) groups is 3. The highest BCUT2D eigenvalue weighted by Crippen LogP contribution is 2.27. The fourth-order valence-electron chi connectivity index (χ4n) is 2.69. The van der Waals surface area contributed by atoms with Crippen molar-refractivity contribution in [2.45, 2.75) is 0 Å². The summed E-state index contributed by atoms with van der Waals surface area (Å²) in [5.74, 6) is -1.41. The Morgan fingerprint density at radius 1 is 1.04 bits per heavy atom. The molecule has 8 heteroatoms. The van der Waals surface area contributed by atoms with Crippen molar-refractivity contribution in [2.75, 3.05) is 32.5 Å². The fraction of sp³-hybridized carbons (Fsp3) is 0.211. The zero-order valence-corrected chi connectivity index (χ0v) is 15.6.